The van der Waals surface area contributed by atoms with Crippen molar-refractivity contribution in [2.24, 2.45) is 0 Å². The zero-order chi connectivity index (χ0) is 16.9. The third-order valence-corrected chi connectivity index (χ3v) is 7.00. The Balaban J connectivity index is 1.94. The smallest absolute Gasteiger partial charge is 0.337 e. The topological polar surface area (TPSA) is 74.7 Å². The normalized spacial score (nSPS) is 22.0. The van der Waals surface area contributed by atoms with Gasteiger partial charge in [-0.25, -0.2) is 4.79 Å². The molecule has 1 fully saturated rings. The molecule has 5 nitrogen and oxygen atoms in total. The lowest BCUT2D eigenvalue weighted by Gasteiger charge is -2.33. The van der Waals surface area contributed by atoms with Gasteiger partial charge in [0.25, 0.3) is 0 Å². The van der Waals surface area contributed by atoms with Crippen molar-refractivity contribution in [3.8, 4) is 0 Å². The molecule has 1 unspecified atom stereocenters. The first kappa shape index (κ1) is 17.7. The molecule has 0 bridgehead atoms. The van der Waals surface area contributed by atoms with E-state index in [0.29, 0.717) is 32.0 Å². The molecule has 1 aromatic rings. The van der Waals surface area contributed by atoms with Crippen LogP contribution in [0.5, 0.6) is 0 Å². The number of nitrogens with zero attached hydrogens (tertiary/aromatic N) is 1. The minimum Gasteiger partial charge on any atom is -0.479 e. The van der Waals surface area contributed by atoms with Gasteiger partial charge in [-0.05, 0) is 37.7 Å². The number of aliphatic carboxylic acids is 1. The van der Waals surface area contributed by atoms with E-state index in [1.54, 1.807) is 0 Å². The number of hydrogen-bond donors (Lipinski definition) is 1. The minimum atomic E-state index is -2.42. The van der Waals surface area contributed by atoms with Crippen LogP contribution >= 0.6 is 7.80 Å². The fraction of sp³-hybridized carbons (Fsp3) is 0.529. The van der Waals surface area contributed by atoms with Gasteiger partial charge >= 0.3 is 5.97 Å². The second kappa shape index (κ2) is 7.78. The summed E-state index contributed by atoms with van der Waals surface area (Å²) in [4.78, 5) is 24.8. The summed E-state index contributed by atoms with van der Waals surface area (Å²) >= 11 is 0. The fourth-order valence-electron chi connectivity index (χ4n) is 3.34. The van der Waals surface area contributed by atoms with Crippen LogP contribution in [0.2, 0.25) is 0 Å². The second-order valence-electron chi connectivity index (χ2n) is 6.06. The van der Waals surface area contributed by atoms with Crippen LogP contribution in [0, 0.1) is 0 Å². The number of carboxylic acids is 1. The van der Waals surface area contributed by atoms with E-state index in [1.165, 1.54) is 17.4 Å². The molecule has 6 heteroatoms. The summed E-state index contributed by atoms with van der Waals surface area (Å²) in [6.07, 6.45) is 3.77. The van der Waals surface area contributed by atoms with Gasteiger partial charge in [-0.15, -0.1) is 0 Å². The van der Waals surface area contributed by atoms with Gasteiger partial charge in [-0.2, -0.15) is 0 Å². The van der Waals surface area contributed by atoms with Crippen LogP contribution in [0.3, 0.4) is 0 Å². The molecule has 1 aliphatic heterocycles. The summed E-state index contributed by atoms with van der Waals surface area (Å²) in [5, 5.41) is 8.16. The highest BCUT2D eigenvalue weighted by atomic mass is 31.1. The van der Waals surface area contributed by atoms with Crippen LogP contribution in [-0.2, 0) is 20.6 Å². The minimum absolute atomic E-state index is 0.299. The Morgan fingerprint density at radius 2 is 1.96 bits per heavy atom. The fourth-order valence-corrected chi connectivity index (χ4v) is 5.59. The molecule has 1 amide bonds. The standard InChI is InChI=1S/C17H24NO4P/c1-14(19)18-12-7-11-17(18,16(20)21)23(22)13-6-5-10-15-8-3-2-4-9-15/h2-4,8-9,23H,5-7,10-13H2,1H3,(H,20,21)/t17-/m1/s1. The first-order chi connectivity index (χ1) is 11.0. The van der Waals surface area contributed by atoms with E-state index in [4.69, 9.17) is 0 Å². The maximum atomic E-state index is 12.7. The van der Waals surface area contributed by atoms with Crippen LogP contribution in [0.4, 0.5) is 0 Å². The Hall–Kier alpha value is -1.61. The summed E-state index contributed by atoms with van der Waals surface area (Å²) in [6.45, 7) is 1.75. The van der Waals surface area contributed by atoms with Crippen LogP contribution in [0.25, 0.3) is 0 Å². The van der Waals surface area contributed by atoms with Crippen molar-refractivity contribution in [2.45, 2.75) is 44.3 Å². The predicted molar refractivity (Wildman–Crippen MR) is 90.2 cm³/mol. The number of hydrogen-bond acceptors (Lipinski definition) is 3. The van der Waals surface area contributed by atoms with Gasteiger partial charge in [-0.3, -0.25) is 4.79 Å². The Labute approximate surface area is 137 Å². The summed E-state index contributed by atoms with van der Waals surface area (Å²) in [5.74, 6) is -1.41. The van der Waals surface area contributed by atoms with Crippen molar-refractivity contribution in [1.82, 2.24) is 4.90 Å². The van der Waals surface area contributed by atoms with E-state index in [0.717, 1.165) is 12.8 Å². The number of benzene rings is 1. The van der Waals surface area contributed by atoms with Gasteiger partial charge in [0.15, 0.2) is 5.28 Å². The van der Waals surface area contributed by atoms with Gasteiger partial charge in [-0.1, -0.05) is 30.3 Å². The van der Waals surface area contributed by atoms with Crippen LogP contribution in [-0.4, -0.2) is 39.9 Å². The Morgan fingerprint density at radius 3 is 2.57 bits per heavy atom. The zero-order valence-electron chi connectivity index (χ0n) is 13.5. The molecule has 0 saturated carbocycles. The van der Waals surface area contributed by atoms with Gasteiger partial charge < -0.3 is 14.6 Å². The highest BCUT2D eigenvalue weighted by molar-refractivity contribution is 7.47. The second-order valence-corrected chi connectivity index (χ2v) is 8.23. The third-order valence-electron chi connectivity index (χ3n) is 4.54. The highest BCUT2D eigenvalue weighted by Gasteiger charge is 2.53. The number of amides is 1. The SMILES string of the molecule is CC(=O)N1CCC[C@]1(C(=O)O)[PH](=O)CCCCc1ccccc1. The molecular formula is C17H24NO4P. The molecule has 0 radical (unpaired) electrons. The number of carboxylic acid groups (broad SMARTS) is 1. The molecule has 1 N–H and O–H groups in total. The molecular weight excluding hydrogens is 313 g/mol. The number of aryl methyl sites for hydroxylation is 1. The molecule has 0 spiro atoms. The Bertz CT molecular complexity index is 590. The molecule has 2 atom stereocenters. The lowest BCUT2D eigenvalue weighted by atomic mass is 10.1. The van der Waals surface area contributed by atoms with Gasteiger partial charge in [0, 0.05) is 19.6 Å². The molecule has 1 aliphatic rings. The molecule has 2 rings (SSSR count). The van der Waals surface area contributed by atoms with Crippen molar-refractivity contribution < 1.29 is 19.3 Å². The van der Waals surface area contributed by atoms with E-state index in [-0.39, 0.29) is 5.91 Å². The maximum absolute atomic E-state index is 12.7. The average molecular weight is 337 g/mol. The molecule has 1 heterocycles. The zero-order valence-corrected chi connectivity index (χ0v) is 14.5. The molecule has 0 aromatic heterocycles. The Kier molecular flexibility index (Phi) is 6.00. The molecule has 1 aromatic carbocycles. The lowest BCUT2D eigenvalue weighted by Crippen LogP contribution is -2.50. The molecule has 0 aliphatic carbocycles. The van der Waals surface area contributed by atoms with Crippen molar-refractivity contribution in [2.75, 3.05) is 12.7 Å². The summed E-state index contributed by atoms with van der Waals surface area (Å²) < 4.78 is 12.7. The first-order valence-corrected chi connectivity index (χ1v) is 9.69. The van der Waals surface area contributed by atoms with E-state index in [2.05, 4.69) is 12.1 Å². The first-order valence-electron chi connectivity index (χ1n) is 8.07. The van der Waals surface area contributed by atoms with Gasteiger partial charge in [0.2, 0.25) is 5.91 Å². The number of likely N-dealkylation sites (tertiary alicyclic amines) is 1. The van der Waals surface area contributed by atoms with Crippen molar-refractivity contribution in [3.63, 3.8) is 0 Å². The summed E-state index contributed by atoms with van der Waals surface area (Å²) in [6, 6.07) is 10.0. The number of rotatable bonds is 7. The maximum Gasteiger partial charge on any atom is 0.337 e. The lowest BCUT2D eigenvalue weighted by molar-refractivity contribution is -0.150. The third kappa shape index (κ3) is 3.84. The summed E-state index contributed by atoms with van der Waals surface area (Å²) in [5.41, 5.74) is 1.23. The van der Waals surface area contributed by atoms with E-state index < -0.39 is 19.1 Å². The van der Waals surface area contributed by atoms with E-state index in [9.17, 15) is 19.3 Å². The van der Waals surface area contributed by atoms with Crippen LogP contribution < -0.4 is 0 Å². The summed E-state index contributed by atoms with van der Waals surface area (Å²) in [7, 11) is -2.42. The van der Waals surface area contributed by atoms with Crippen LogP contribution in [0.15, 0.2) is 30.3 Å². The molecule has 126 valence electrons. The highest BCUT2D eigenvalue weighted by Crippen LogP contribution is 2.49. The van der Waals surface area contributed by atoms with E-state index in [1.807, 2.05) is 18.2 Å². The van der Waals surface area contributed by atoms with Crippen molar-refractivity contribution >= 4 is 19.7 Å². The molecule has 23 heavy (non-hydrogen) atoms. The van der Waals surface area contributed by atoms with Crippen LogP contribution in [0.1, 0.15) is 38.2 Å². The van der Waals surface area contributed by atoms with Crippen molar-refractivity contribution in [3.05, 3.63) is 35.9 Å². The van der Waals surface area contributed by atoms with E-state index >= 15 is 0 Å². The number of unbranched alkanes of at least 4 members (excludes halogenated alkanes) is 1. The number of carbonyl (C=O) groups excluding carboxylic acids is 1. The Morgan fingerprint density at radius 1 is 1.26 bits per heavy atom. The van der Waals surface area contributed by atoms with Gasteiger partial charge in [0.1, 0.15) is 7.80 Å². The largest absolute Gasteiger partial charge is 0.479 e. The molecule has 1 saturated heterocycles. The predicted octanol–water partition coefficient (Wildman–Crippen LogP) is 2.99. The van der Waals surface area contributed by atoms with Gasteiger partial charge in [0.05, 0.1) is 0 Å². The monoisotopic (exact) mass is 337 g/mol. The average Bonchev–Trinajstić information content (AvgIpc) is 2.99. The van der Waals surface area contributed by atoms with Crippen molar-refractivity contribution in [1.29, 1.82) is 0 Å². The quantitative estimate of drug-likeness (QED) is 0.613. The number of carbonyl (C=O) groups is 2.